The molecule has 0 N–H and O–H groups in total. The summed E-state index contributed by atoms with van der Waals surface area (Å²) in [5, 5.41) is 3.08. The second-order valence-corrected chi connectivity index (χ2v) is 9.55. The first-order chi connectivity index (χ1) is 14.7. The first-order valence-corrected chi connectivity index (χ1v) is 11.3. The summed E-state index contributed by atoms with van der Waals surface area (Å²) in [6.45, 7) is 0. The molecule has 0 fully saturated rings. The van der Waals surface area contributed by atoms with Crippen LogP contribution in [0.2, 0.25) is 0 Å². The third-order valence-corrected chi connectivity index (χ3v) is 7.66. The SMILES string of the molecule is O=C1C(=Cc2ccc(-n3ccc4ccncc43)[se]2)C(=O)c2cc3ccccc3cc21. The molecule has 4 nitrogen and oxygen atoms in total. The fraction of sp³-hybridized carbons (Fsp3) is 0. The minimum atomic E-state index is -0.179. The van der Waals surface area contributed by atoms with Gasteiger partial charge in [-0.05, 0) is 0 Å². The minimum absolute atomic E-state index is 0.00512. The van der Waals surface area contributed by atoms with Gasteiger partial charge < -0.3 is 0 Å². The van der Waals surface area contributed by atoms with E-state index in [1.54, 1.807) is 12.3 Å². The number of hydrogen-bond acceptors (Lipinski definition) is 3. The summed E-state index contributed by atoms with van der Waals surface area (Å²) in [7, 11) is 0. The fourth-order valence-electron chi connectivity index (χ4n) is 4.00. The number of carbonyl (C=O) groups is 2. The average Bonchev–Trinajstić information content (AvgIpc) is 3.47. The number of carbonyl (C=O) groups excluding carboxylic acids is 2. The first kappa shape index (κ1) is 17.3. The zero-order chi connectivity index (χ0) is 20.2. The molecule has 1 aliphatic carbocycles. The Bertz CT molecular complexity index is 1480. The van der Waals surface area contributed by atoms with Crippen molar-refractivity contribution in [3.05, 3.63) is 100 Å². The molecule has 2 aromatic carbocycles. The van der Waals surface area contributed by atoms with Crippen molar-refractivity contribution in [2.45, 2.75) is 0 Å². The topological polar surface area (TPSA) is 52.0 Å². The van der Waals surface area contributed by atoms with Gasteiger partial charge in [0.1, 0.15) is 0 Å². The molecule has 6 rings (SSSR count). The Labute approximate surface area is 177 Å². The number of Topliss-reactive ketones (excluding diaryl/α,β-unsaturated/α-hetero) is 2. The summed E-state index contributed by atoms with van der Waals surface area (Å²) >= 11 is -0.00512. The Hall–Kier alpha value is -3.53. The number of pyridine rings is 1. The van der Waals surface area contributed by atoms with Crippen LogP contribution in [0.3, 0.4) is 0 Å². The van der Waals surface area contributed by atoms with E-state index in [1.807, 2.05) is 60.9 Å². The van der Waals surface area contributed by atoms with E-state index in [4.69, 9.17) is 0 Å². The van der Waals surface area contributed by atoms with Gasteiger partial charge in [0.05, 0.1) is 0 Å². The van der Waals surface area contributed by atoms with Crippen molar-refractivity contribution in [1.29, 1.82) is 0 Å². The van der Waals surface area contributed by atoms with Gasteiger partial charge in [-0.3, -0.25) is 0 Å². The van der Waals surface area contributed by atoms with Crippen molar-refractivity contribution in [3.8, 4) is 4.56 Å². The molecule has 0 saturated carbocycles. The maximum absolute atomic E-state index is 13.0. The van der Waals surface area contributed by atoms with Gasteiger partial charge in [-0.1, -0.05) is 0 Å². The molecule has 1 aliphatic rings. The summed E-state index contributed by atoms with van der Waals surface area (Å²) in [6.07, 6.45) is 7.46. The third kappa shape index (κ3) is 2.57. The van der Waals surface area contributed by atoms with Crippen LogP contribution in [0.25, 0.3) is 32.3 Å². The van der Waals surface area contributed by atoms with E-state index in [9.17, 15) is 9.59 Å². The van der Waals surface area contributed by atoms with Crippen LogP contribution in [0.15, 0.2) is 84.8 Å². The molecule has 0 unspecified atom stereocenters. The molecule has 142 valence electrons. The van der Waals surface area contributed by atoms with Crippen molar-refractivity contribution in [2.75, 3.05) is 0 Å². The van der Waals surface area contributed by atoms with Crippen LogP contribution in [0.1, 0.15) is 25.2 Å². The van der Waals surface area contributed by atoms with E-state index < -0.39 is 0 Å². The molecule has 5 heteroatoms. The first-order valence-electron chi connectivity index (χ1n) is 9.54. The van der Waals surface area contributed by atoms with Crippen LogP contribution in [-0.4, -0.2) is 35.6 Å². The second kappa shape index (κ2) is 6.49. The van der Waals surface area contributed by atoms with Crippen molar-refractivity contribution in [1.82, 2.24) is 9.55 Å². The Morgan fingerprint density at radius 1 is 0.833 bits per heavy atom. The number of nitrogens with zero attached hydrogens (tertiary/aromatic N) is 2. The monoisotopic (exact) mass is 454 g/mol. The number of rotatable bonds is 2. The molecule has 3 heterocycles. The van der Waals surface area contributed by atoms with Crippen molar-refractivity contribution < 1.29 is 9.59 Å². The van der Waals surface area contributed by atoms with Gasteiger partial charge in [-0.15, -0.1) is 0 Å². The molecular formula is C25H14N2O2Se. The third-order valence-electron chi connectivity index (χ3n) is 5.50. The molecule has 3 aromatic heterocycles. The van der Waals surface area contributed by atoms with E-state index >= 15 is 0 Å². The van der Waals surface area contributed by atoms with E-state index in [2.05, 4.69) is 21.7 Å². The van der Waals surface area contributed by atoms with Crippen molar-refractivity contribution >= 4 is 53.8 Å². The summed E-state index contributed by atoms with van der Waals surface area (Å²) < 4.78 is 4.29. The number of ketones is 2. The zero-order valence-corrected chi connectivity index (χ0v) is 17.4. The van der Waals surface area contributed by atoms with Crippen LogP contribution in [-0.2, 0) is 0 Å². The van der Waals surface area contributed by atoms with Gasteiger partial charge in [0, 0.05) is 0 Å². The maximum atomic E-state index is 13.0. The number of benzene rings is 2. The molecule has 0 spiro atoms. The molecule has 5 aromatic rings. The predicted octanol–water partition coefficient (Wildman–Crippen LogP) is 4.70. The number of hydrogen-bond donors (Lipinski definition) is 0. The van der Waals surface area contributed by atoms with E-state index in [0.717, 1.165) is 30.7 Å². The Kier molecular flexibility index (Phi) is 3.75. The van der Waals surface area contributed by atoms with E-state index in [-0.39, 0.29) is 31.6 Å². The average molecular weight is 453 g/mol. The van der Waals surface area contributed by atoms with Gasteiger partial charge in [0.15, 0.2) is 0 Å². The second-order valence-electron chi connectivity index (χ2n) is 7.26. The van der Waals surface area contributed by atoms with Crippen LogP contribution in [0.5, 0.6) is 0 Å². The fourth-order valence-corrected chi connectivity index (χ4v) is 5.99. The molecule has 0 radical (unpaired) electrons. The van der Waals surface area contributed by atoms with Gasteiger partial charge in [-0.2, -0.15) is 0 Å². The quantitative estimate of drug-likeness (QED) is 0.221. The standard InChI is InChI=1S/C25H14N2O2Se/c28-24-19-11-16-3-1-2-4-17(16)12-20(19)25(29)21(24)13-18-5-6-23(30-18)27-10-8-15-7-9-26-14-22(15)27/h1-14H. The molecule has 0 atom stereocenters. The van der Waals surface area contributed by atoms with Crippen LogP contribution in [0, 0.1) is 0 Å². The van der Waals surface area contributed by atoms with Gasteiger partial charge in [-0.25, -0.2) is 0 Å². The van der Waals surface area contributed by atoms with Crippen LogP contribution >= 0.6 is 0 Å². The van der Waals surface area contributed by atoms with Crippen molar-refractivity contribution in [3.63, 3.8) is 0 Å². The molecule has 0 bridgehead atoms. The molecule has 30 heavy (non-hydrogen) atoms. The zero-order valence-electron chi connectivity index (χ0n) is 15.7. The number of allylic oxidation sites excluding steroid dienone is 1. The van der Waals surface area contributed by atoms with Gasteiger partial charge in [0.2, 0.25) is 0 Å². The van der Waals surface area contributed by atoms with Crippen LogP contribution < -0.4 is 0 Å². The number of fused-ring (bicyclic) bond motifs is 3. The summed E-state index contributed by atoms with van der Waals surface area (Å²) in [6, 6.07) is 19.6. The van der Waals surface area contributed by atoms with Crippen molar-refractivity contribution in [2.24, 2.45) is 0 Å². The normalized spacial score (nSPS) is 13.4. The van der Waals surface area contributed by atoms with E-state index in [0.29, 0.717) is 11.1 Å². The van der Waals surface area contributed by atoms with Gasteiger partial charge in [0.25, 0.3) is 0 Å². The summed E-state index contributed by atoms with van der Waals surface area (Å²) in [4.78, 5) is 30.2. The predicted molar refractivity (Wildman–Crippen MR) is 119 cm³/mol. The molecule has 0 saturated heterocycles. The van der Waals surface area contributed by atoms with Gasteiger partial charge >= 0.3 is 178 Å². The Morgan fingerprint density at radius 2 is 1.57 bits per heavy atom. The van der Waals surface area contributed by atoms with E-state index in [1.165, 1.54) is 0 Å². The van der Waals surface area contributed by atoms with Crippen LogP contribution in [0.4, 0.5) is 0 Å². The molecule has 0 amide bonds. The Balaban J connectivity index is 1.41. The summed E-state index contributed by atoms with van der Waals surface area (Å²) in [5.41, 5.74) is 2.33. The Morgan fingerprint density at radius 3 is 2.30 bits per heavy atom. The number of aromatic nitrogens is 2. The molecule has 0 aliphatic heterocycles. The summed E-state index contributed by atoms with van der Waals surface area (Å²) in [5.74, 6) is -0.358. The molecular weight excluding hydrogens is 439 g/mol.